The molecule has 0 bridgehead atoms. The van der Waals surface area contributed by atoms with Crippen LogP contribution in [0, 0.1) is 6.92 Å². The number of ether oxygens (including phenoxy) is 1. The molecule has 0 saturated heterocycles. The highest BCUT2D eigenvalue weighted by atomic mass is 32.2. The third kappa shape index (κ3) is 5.61. The first-order valence-corrected chi connectivity index (χ1v) is 12.7. The predicted molar refractivity (Wildman–Crippen MR) is 138 cm³/mol. The van der Waals surface area contributed by atoms with Crippen molar-refractivity contribution in [2.24, 2.45) is 5.14 Å². The minimum atomic E-state index is -3.79. The Balaban J connectivity index is 1.76. The van der Waals surface area contributed by atoms with Crippen LogP contribution in [0.2, 0.25) is 0 Å². The molecule has 0 aliphatic rings. The molecule has 0 radical (unpaired) electrons. The first-order valence-electron chi connectivity index (χ1n) is 11.2. The molecule has 0 fully saturated rings. The fraction of sp³-hybridized carbons (Fsp3) is 0.192. The molecule has 4 N–H and O–H groups in total. The lowest BCUT2D eigenvalue weighted by Gasteiger charge is -2.19. The van der Waals surface area contributed by atoms with Gasteiger partial charge in [0.2, 0.25) is 16.0 Å². The Kier molecular flexibility index (Phi) is 6.66. The van der Waals surface area contributed by atoms with Crippen LogP contribution in [-0.4, -0.2) is 34.9 Å². The maximum atomic E-state index is 13.1. The quantitative estimate of drug-likeness (QED) is 0.320. The zero-order chi connectivity index (χ0) is 26.1. The van der Waals surface area contributed by atoms with Crippen molar-refractivity contribution in [3.8, 4) is 22.4 Å². The van der Waals surface area contributed by atoms with Crippen molar-refractivity contribution in [3.63, 3.8) is 0 Å². The van der Waals surface area contributed by atoms with Crippen molar-refractivity contribution < 1.29 is 17.9 Å². The van der Waals surface area contributed by atoms with Gasteiger partial charge in [-0.3, -0.25) is 0 Å². The molecule has 36 heavy (non-hydrogen) atoms. The molecule has 0 spiro atoms. The van der Waals surface area contributed by atoms with Crippen molar-refractivity contribution >= 4 is 27.6 Å². The van der Waals surface area contributed by atoms with Crippen molar-refractivity contribution in [2.45, 2.75) is 38.2 Å². The van der Waals surface area contributed by atoms with Crippen molar-refractivity contribution in [3.05, 3.63) is 78.2 Å². The Bertz CT molecular complexity index is 1510. The summed E-state index contributed by atoms with van der Waals surface area (Å²) in [5.74, 6) is -0.160. The van der Waals surface area contributed by atoms with Crippen molar-refractivity contribution in [2.75, 3.05) is 5.32 Å². The number of benzene rings is 2. The van der Waals surface area contributed by atoms with E-state index in [1.54, 1.807) is 24.4 Å². The van der Waals surface area contributed by atoms with Crippen LogP contribution < -0.4 is 10.5 Å². The van der Waals surface area contributed by atoms with E-state index >= 15 is 0 Å². The molecule has 9 nitrogen and oxygen atoms in total. The van der Waals surface area contributed by atoms with Crippen LogP contribution >= 0.6 is 0 Å². The molecule has 186 valence electrons. The number of esters is 1. The van der Waals surface area contributed by atoms with E-state index in [2.05, 4.69) is 20.3 Å². The van der Waals surface area contributed by atoms with Crippen LogP contribution in [0.25, 0.3) is 22.4 Å². The lowest BCUT2D eigenvalue weighted by Crippen LogP contribution is -2.24. The molecule has 2 aromatic carbocycles. The normalized spacial score (nSPS) is 11.8. The number of anilines is 2. The second kappa shape index (κ2) is 9.56. The molecule has 2 heterocycles. The molecule has 0 aliphatic carbocycles. The van der Waals surface area contributed by atoms with E-state index in [1.807, 2.05) is 58.0 Å². The number of aryl methyl sites for hydroxylation is 1. The van der Waals surface area contributed by atoms with Gasteiger partial charge in [0.15, 0.2) is 0 Å². The highest BCUT2D eigenvalue weighted by Gasteiger charge is 2.27. The number of hydrogen-bond donors (Lipinski definition) is 3. The monoisotopic (exact) mass is 505 g/mol. The molecule has 2 aromatic heterocycles. The molecule has 0 aliphatic heterocycles. The summed E-state index contributed by atoms with van der Waals surface area (Å²) < 4.78 is 28.7. The van der Waals surface area contributed by atoms with Crippen LogP contribution in [-0.2, 0) is 14.8 Å². The van der Waals surface area contributed by atoms with E-state index in [0.717, 1.165) is 16.8 Å². The topological polar surface area (TPSA) is 140 Å². The number of aromatic amines is 1. The molecular formula is C26H27N5O4S. The van der Waals surface area contributed by atoms with Crippen LogP contribution in [0.1, 0.15) is 37.0 Å². The van der Waals surface area contributed by atoms with E-state index < -0.39 is 21.6 Å². The number of nitrogens with two attached hydrogens (primary N) is 1. The number of H-pyrrole nitrogens is 1. The third-order valence-electron chi connectivity index (χ3n) is 5.20. The molecule has 0 unspecified atom stereocenters. The van der Waals surface area contributed by atoms with Gasteiger partial charge < -0.3 is 15.0 Å². The Morgan fingerprint density at radius 1 is 1.00 bits per heavy atom. The number of nitrogens with one attached hydrogen (secondary N) is 2. The fourth-order valence-corrected chi connectivity index (χ4v) is 4.25. The molecule has 0 saturated carbocycles. The van der Waals surface area contributed by atoms with Crippen molar-refractivity contribution in [1.29, 1.82) is 0 Å². The van der Waals surface area contributed by atoms with Gasteiger partial charge in [-0.25, -0.2) is 28.3 Å². The fourth-order valence-electron chi connectivity index (χ4n) is 3.74. The number of carbonyl (C=O) groups is 1. The first kappa shape index (κ1) is 25.1. The molecule has 0 amide bonds. The van der Waals surface area contributed by atoms with Gasteiger partial charge in [-0.15, -0.1) is 0 Å². The maximum absolute atomic E-state index is 13.1. The molecule has 0 atom stereocenters. The number of aromatic nitrogens is 3. The van der Waals surface area contributed by atoms with Gasteiger partial charge in [-0.05, 0) is 63.6 Å². The summed E-state index contributed by atoms with van der Waals surface area (Å²) in [7, 11) is -3.79. The number of nitrogens with zero attached hydrogens (tertiary/aromatic N) is 2. The van der Waals surface area contributed by atoms with Crippen molar-refractivity contribution in [1.82, 2.24) is 15.0 Å². The predicted octanol–water partition coefficient (Wildman–Crippen LogP) is 4.79. The number of rotatable bonds is 6. The average Bonchev–Trinajstić information content (AvgIpc) is 3.16. The second-order valence-corrected chi connectivity index (χ2v) is 10.8. The van der Waals surface area contributed by atoms with E-state index in [9.17, 15) is 13.2 Å². The van der Waals surface area contributed by atoms with Crippen LogP contribution in [0.4, 0.5) is 11.6 Å². The van der Waals surface area contributed by atoms with Gasteiger partial charge in [0, 0.05) is 28.7 Å². The summed E-state index contributed by atoms with van der Waals surface area (Å²) in [5, 5.41) is 8.24. The number of primary sulfonamides is 1. The minimum Gasteiger partial charge on any atom is -0.455 e. The van der Waals surface area contributed by atoms with Gasteiger partial charge in [0.25, 0.3) is 0 Å². The Labute approximate surface area is 209 Å². The van der Waals surface area contributed by atoms with E-state index in [-0.39, 0.29) is 4.90 Å². The summed E-state index contributed by atoms with van der Waals surface area (Å²) in [6.45, 7) is 7.34. The Hall–Kier alpha value is -4.02. The van der Waals surface area contributed by atoms with Crippen LogP contribution in [0.5, 0.6) is 0 Å². The lowest BCUT2D eigenvalue weighted by atomic mass is 9.98. The summed E-state index contributed by atoms with van der Waals surface area (Å²) in [6.07, 6.45) is 1.61. The minimum absolute atomic E-state index is 0.00726. The molecule has 4 aromatic rings. The SMILES string of the molecule is Cc1[nH]c(C(=O)OC(C)(C)C)c(-c2ccccc2)c1-c1ccnc(Nc2ccc(S(N)(=O)=O)cc2)n1. The van der Waals surface area contributed by atoms with Gasteiger partial charge in [-0.2, -0.15) is 0 Å². The number of carbonyl (C=O) groups excluding carboxylic acids is 1. The lowest BCUT2D eigenvalue weighted by molar-refractivity contribution is 0.00643. The highest BCUT2D eigenvalue weighted by molar-refractivity contribution is 7.89. The number of hydrogen-bond acceptors (Lipinski definition) is 7. The number of sulfonamides is 1. The average molecular weight is 506 g/mol. The van der Waals surface area contributed by atoms with Crippen LogP contribution in [0.3, 0.4) is 0 Å². The first-order chi connectivity index (χ1) is 16.9. The third-order valence-corrected chi connectivity index (χ3v) is 6.13. The van der Waals surface area contributed by atoms with Gasteiger partial charge in [0.05, 0.1) is 10.6 Å². The summed E-state index contributed by atoms with van der Waals surface area (Å²) in [4.78, 5) is 25.3. The zero-order valence-electron chi connectivity index (χ0n) is 20.4. The van der Waals surface area contributed by atoms with Gasteiger partial charge in [0.1, 0.15) is 11.3 Å². The smallest absolute Gasteiger partial charge is 0.355 e. The Morgan fingerprint density at radius 2 is 1.67 bits per heavy atom. The molecule has 10 heteroatoms. The van der Waals surface area contributed by atoms with Gasteiger partial charge >= 0.3 is 5.97 Å². The van der Waals surface area contributed by atoms with E-state index in [4.69, 9.17) is 9.88 Å². The standard InChI is InChI=1S/C26H27N5O4S/c1-16-21(22(17-8-6-5-7-9-17)23(29-16)24(32)35-26(2,3)4)20-14-15-28-25(31-20)30-18-10-12-19(13-11-18)36(27,33)34/h5-15,29H,1-4H3,(H2,27,33,34)(H,28,30,31). The highest BCUT2D eigenvalue weighted by Crippen LogP contribution is 2.38. The Morgan fingerprint density at radius 3 is 2.28 bits per heavy atom. The zero-order valence-corrected chi connectivity index (χ0v) is 21.2. The summed E-state index contributed by atoms with van der Waals surface area (Å²) in [5.41, 5.74) is 3.88. The largest absolute Gasteiger partial charge is 0.455 e. The van der Waals surface area contributed by atoms with Gasteiger partial charge in [-0.1, -0.05) is 30.3 Å². The molecule has 4 rings (SSSR count). The second-order valence-electron chi connectivity index (χ2n) is 9.20. The van der Waals surface area contributed by atoms with E-state index in [0.29, 0.717) is 28.6 Å². The summed E-state index contributed by atoms with van der Waals surface area (Å²) in [6, 6.07) is 17.3. The summed E-state index contributed by atoms with van der Waals surface area (Å²) >= 11 is 0. The van der Waals surface area contributed by atoms with Crippen LogP contribution in [0.15, 0.2) is 71.8 Å². The maximum Gasteiger partial charge on any atom is 0.355 e. The van der Waals surface area contributed by atoms with E-state index in [1.165, 1.54) is 12.1 Å². The molecular weight excluding hydrogens is 478 g/mol.